The van der Waals surface area contributed by atoms with E-state index in [2.05, 4.69) is 48.3 Å². The molecule has 3 rings (SSSR count). The highest BCUT2D eigenvalue weighted by atomic mass is 35.5. The van der Waals surface area contributed by atoms with Crippen molar-refractivity contribution in [3.05, 3.63) is 35.4 Å². The standard InChI is InChI=1S/C15H19N3.ClH/c1-11-3-4-14-13(9-11)12(2)10-15(17-14)18-7-5-16-6-8-18;/h3-4,9-10,16H,5-8H2,1-2H3;1H. The van der Waals surface area contributed by atoms with E-state index < -0.39 is 0 Å². The molecule has 2 aromatic rings. The number of pyridine rings is 1. The maximum Gasteiger partial charge on any atom is 0.129 e. The van der Waals surface area contributed by atoms with Crippen LogP contribution in [0, 0.1) is 13.8 Å². The van der Waals surface area contributed by atoms with Gasteiger partial charge in [-0.05, 0) is 37.6 Å². The van der Waals surface area contributed by atoms with Crippen LogP contribution in [0.3, 0.4) is 0 Å². The van der Waals surface area contributed by atoms with Crippen molar-refractivity contribution in [1.82, 2.24) is 10.3 Å². The summed E-state index contributed by atoms with van der Waals surface area (Å²) in [6.07, 6.45) is 0. The first-order chi connectivity index (χ1) is 8.74. The van der Waals surface area contributed by atoms with E-state index in [1.54, 1.807) is 0 Å². The van der Waals surface area contributed by atoms with E-state index in [0.29, 0.717) is 0 Å². The summed E-state index contributed by atoms with van der Waals surface area (Å²) in [5.74, 6) is 1.12. The number of benzene rings is 1. The first-order valence-corrected chi connectivity index (χ1v) is 6.58. The number of piperazine rings is 1. The summed E-state index contributed by atoms with van der Waals surface area (Å²) >= 11 is 0. The van der Waals surface area contributed by atoms with E-state index in [1.807, 2.05) is 0 Å². The number of nitrogens with zero attached hydrogens (tertiary/aromatic N) is 2. The van der Waals surface area contributed by atoms with E-state index in [9.17, 15) is 0 Å². The van der Waals surface area contributed by atoms with Crippen LogP contribution in [0.1, 0.15) is 11.1 Å². The lowest BCUT2D eigenvalue weighted by molar-refractivity contribution is 0.585. The van der Waals surface area contributed by atoms with Gasteiger partial charge in [0.15, 0.2) is 0 Å². The van der Waals surface area contributed by atoms with Crippen molar-refractivity contribution in [1.29, 1.82) is 0 Å². The third-order valence-electron chi connectivity index (χ3n) is 3.60. The van der Waals surface area contributed by atoms with Crippen LogP contribution in [0.15, 0.2) is 24.3 Å². The predicted molar refractivity (Wildman–Crippen MR) is 83.5 cm³/mol. The molecule has 1 fully saturated rings. The summed E-state index contributed by atoms with van der Waals surface area (Å²) < 4.78 is 0. The molecular weight excluding hydrogens is 258 g/mol. The average molecular weight is 278 g/mol. The number of halogens is 1. The van der Waals surface area contributed by atoms with Crippen molar-refractivity contribution in [3.8, 4) is 0 Å². The minimum Gasteiger partial charge on any atom is -0.354 e. The van der Waals surface area contributed by atoms with Gasteiger partial charge in [0.25, 0.3) is 0 Å². The Morgan fingerprint density at radius 1 is 1.11 bits per heavy atom. The van der Waals surface area contributed by atoms with Crippen LogP contribution < -0.4 is 10.2 Å². The highest BCUT2D eigenvalue weighted by Crippen LogP contribution is 2.23. The highest BCUT2D eigenvalue weighted by molar-refractivity contribution is 5.85. The lowest BCUT2D eigenvalue weighted by Crippen LogP contribution is -2.43. The second kappa shape index (κ2) is 5.76. The molecule has 0 amide bonds. The zero-order chi connectivity index (χ0) is 12.5. The molecule has 3 nitrogen and oxygen atoms in total. The van der Waals surface area contributed by atoms with Gasteiger partial charge in [0.05, 0.1) is 5.52 Å². The Labute approximate surface area is 120 Å². The van der Waals surface area contributed by atoms with Crippen LogP contribution in [0.25, 0.3) is 10.9 Å². The van der Waals surface area contributed by atoms with Crippen molar-refractivity contribution in [2.24, 2.45) is 0 Å². The van der Waals surface area contributed by atoms with Gasteiger partial charge in [-0.1, -0.05) is 11.6 Å². The van der Waals surface area contributed by atoms with E-state index >= 15 is 0 Å². The van der Waals surface area contributed by atoms with E-state index in [4.69, 9.17) is 4.98 Å². The van der Waals surface area contributed by atoms with E-state index in [0.717, 1.165) is 37.5 Å². The first-order valence-electron chi connectivity index (χ1n) is 6.58. The zero-order valence-corrected chi connectivity index (χ0v) is 12.3. The van der Waals surface area contributed by atoms with Crippen LogP contribution in [0.5, 0.6) is 0 Å². The quantitative estimate of drug-likeness (QED) is 0.869. The molecule has 1 N–H and O–H groups in total. The van der Waals surface area contributed by atoms with Crippen molar-refractivity contribution in [2.75, 3.05) is 31.1 Å². The molecular formula is C15H20ClN3. The second-order valence-corrected chi connectivity index (χ2v) is 5.06. The number of hydrogen-bond donors (Lipinski definition) is 1. The van der Waals surface area contributed by atoms with Crippen molar-refractivity contribution in [3.63, 3.8) is 0 Å². The summed E-state index contributed by atoms with van der Waals surface area (Å²) in [6.45, 7) is 8.49. The molecule has 1 saturated heterocycles. The molecule has 19 heavy (non-hydrogen) atoms. The fraction of sp³-hybridized carbons (Fsp3) is 0.400. The Balaban J connectivity index is 0.00000133. The molecule has 0 radical (unpaired) electrons. The molecule has 2 heterocycles. The molecule has 1 aromatic heterocycles. The van der Waals surface area contributed by atoms with Gasteiger partial charge < -0.3 is 10.2 Å². The van der Waals surface area contributed by atoms with Gasteiger partial charge in [-0.2, -0.15) is 0 Å². The maximum absolute atomic E-state index is 4.80. The number of fused-ring (bicyclic) bond motifs is 1. The summed E-state index contributed by atoms with van der Waals surface area (Å²) in [6, 6.07) is 8.70. The Hall–Kier alpha value is -1.32. The number of aryl methyl sites for hydroxylation is 2. The fourth-order valence-corrected chi connectivity index (χ4v) is 2.55. The van der Waals surface area contributed by atoms with E-state index in [1.165, 1.54) is 16.5 Å². The molecule has 0 unspecified atom stereocenters. The molecule has 0 spiro atoms. The van der Waals surface area contributed by atoms with E-state index in [-0.39, 0.29) is 12.4 Å². The number of rotatable bonds is 1. The highest BCUT2D eigenvalue weighted by Gasteiger charge is 2.13. The van der Waals surface area contributed by atoms with Crippen LogP contribution >= 0.6 is 12.4 Å². The van der Waals surface area contributed by atoms with Gasteiger partial charge >= 0.3 is 0 Å². The molecule has 0 bridgehead atoms. The molecule has 0 saturated carbocycles. The summed E-state index contributed by atoms with van der Waals surface area (Å²) in [4.78, 5) is 7.16. The number of nitrogens with one attached hydrogen (secondary N) is 1. The van der Waals surface area contributed by atoms with Crippen LogP contribution in [-0.2, 0) is 0 Å². The van der Waals surface area contributed by atoms with Crippen LogP contribution in [0.2, 0.25) is 0 Å². The largest absolute Gasteiger partial charge is 0.354 e. The van der Waals surface area contributed by atoms with Crippen molar-refractivity contribution < 1.29 is 0 Å². The lowest BCUT2D eigenvalue weighted by atomic mass is 10.1. The molecule has 0 aliphatic carbocycles. The van der Waals surface area contributed by atoms with Gasteiger partial charge in [0.2, 0.25) is 0 Å². The van der Waals surface area contributed by atoms with Gasteiger partial charge in [-0.25, -0.2) is 4.98 Å². The van der Waals surface area contributed by atoms with Gasteiger partial charge in [0, 0.05) is 31.6 Å². The third-order valence-corrected chi connectivity index (χ3v) is 3.60. The first kappa shape index (κ1) is 14.1. The SMILES string of the molecule is Cc1ccc2nc(N3CCNCC3)cc(C)c2c1.Cl. The van der Waals surface area contributed by atoms with Crippen molar-refractivity contribution >= 4 is 29.1 Å². The smallest absolute Gasteiger partial charge is 0.129 e. The zero-order valence-electron chi connectivity index (χ0n) is 11.4. The Kier molecular flexibility index (Phi) is 4.27. The third kappa shape index (κ3) is 2.82. The predicted octanol–water partition coefficient (Wildman–Crippen LogP) is 2.68. The minimum atomic E-state index is 0. The number of aromatic nitrogens is 1. The van der Waals surface area contributed by atoms with Gasteiger partial charge in [-0.3, -0.25) is 0 Å². The summed E-state index contributed by atoms with van der Waals surface area (Å²) in [7, 11) is 0. The van der Waals surface area contributed by atoms with Gasteiger partial charge in [-0.15, -0.1) is 12.4 Å². The second-order valence-electron chi connectivity index (χ2n) is 5.06. The monoisotopic (exact) mass is 277 g/mol. The molecule has 1 aliphatic rings. The maximum atomic E-state index is 4.80. The molecule has 0 atom stereocenters. The fourth-order valence-electron chi connectivity index (χ4n) is 2.55. The van der Waals surface area contributed by atoms with Crippen LogP contribution in [-0.4, -0.2) is 31.2 Å². The molecule has 102 valence electrons. The number of anilines is 1. The van der Waals surface area contributed by atoms with Gasteiger partial charge in [0.1, 0.15) is 5.82 Å². The Bertz CT molecular complexity index is 577. The molecule has 1 aliphatic heterocycles. The number of hydrogen-bond acceptors (Lipinski definition) is 3. The average Bonchev–Trinajstić information content (AvgIpc) is 2.40. The molecule has 4 heteroatoms. The summed E-state index contributed by atoms with van der Waals surface area (Å²) in [5, 5.41) is 4.65. The molecule has 1 aromatic carbocycles. The Morgan fingerprint density at radius 2 is 1.84 bits per heavy atom. The Morgan fingerprint density at radius 3 is 2.58 bits per heavy atom. The lowest BCUT2D eigenvalue weighted by Gasteiger charge is -2.29. The van der Waals surface area contributed by atoms with Crippen LogP contribution in [0.4, 0.5) is 5.82 Å². The minimum absolute atomic E-state index is 0. The summed E-state index contributed by atoms with van der Waals surface area (Å²) in [5.41, 5.74) is 3.72. The normalized spacial score (nSPS) is 15.4. The van der Waals surface area contributed by atoms with Crippen molar-refractivity contribution in [2.45, 2.75) is 13.8 Å². The topological polar surface area (TPSA) is 28.2 Å².